The summed E-state index contributed by atoms with van der Waals surface area (Å²) in [6.45, 7) is 1.38. The Kier molecular flexibility index (Phi) is 10.4. The second-order valence-corrected chi connectivity index (χ2v) is 7.06. The Morgan fingerprint density at radius 2 is 1.50 bits per heavy atom. The van der Waals surface area contributed by atoms with Crippen LogP contribution >= 0.6 is 0 Å². The maximum absolute atomic E-state index is 12.3. The summed E-state index contributed by atoms with van der Waals surface area (Å²) in [6, 6.07) is 10.7. The van der Waals surface area contributed by atoms with Crippen LogP contribution in [0.2, 0.25) is 0 Å². The van der Waals surface area contributed by atoms with Crippen LogP contribution in [0.5, 0.6) is 11.5 Å². The summed E-state index contributed by atoms with van der Waals surface area (Å²) in [5.74, 6) is -1.49. The fourth-order valence-electron chi connectivity index (χ4n) is 2.67. The van der Waals surface area contributed by atoms with Gasteiger partial charge < -0.3 is 29.6 Å². The van der Waals surface area contributed by atoms with Gasteiger partial charge in [0, 0.05) is 17.3 Å². The SMILES string of the molecule is CCCCOC(=O)c1ccc(NC(=O)COC(=O)CNC(=O)c2cc(OC)cc(OC)c2)cc1. The van der Waals surface area contributed by atoms with Gasteiger partial charge in [0.05, 0.1) is 26.4 Å². The molecule has 0 unspecified atom stereocenters. The third-order valence-corrected chi connectivity index (χ3v) is 4.51. The van der Waals surface area contributed by atoms with Crippen LogP contribution < -0.4 is 20.1 Å². The minimum absolute atomic E-state index is 0.236. The first-order chi connectivity index (χ1) is 16.4. The van der Waals surface area contributed by atoms with Crippen molar-refractivity contribution in [3.05, 3.63) is 53.6 Å². The van der Waals surface area contributed by atoms with Crippen molar-refractivity contribution in [1.29, 1.82) is 0 Å². The van der Waals surface area contributed by atoms with E-state index < -0.39 is 36.9 Å². The van der Waals surface area contributed by atoms with Gasteiger partial charge in [-0.1, -0.05) is 13.3 Å². The predicted octanol–water partition coefficient (Wildman–Crippen LogP) is 2.57. The van der Waals surface area contributed by atoms with Crippen LogP contribution in [0.4, 0.5) is 5.69 Å². The van der Waals surface area contributed by atoms with Crippen LogP contribution in [0.1, 0.15) is 40.5 Å². The van der Waals surface area contributed by atoms with E-state index in [0.29, 0.717) is 29.4 Å². The molecule has 0 aliphatic carbocycles. The first-order valence-corrected chi connectivity index (χ1v) is 10.6. The molecule has 0 spiro atoms. The van der Waals surface area contributed by atoms with E-state index >= 15 is 0 Å². The average molecular weight is 472 g/mol. The van der Waals surface area contributed by atoms with Crippen molar-refractivity contribution in [1.82, 2.24) is 5.32 Å². The van der Waals surface area contributed by atoms with E-state index in [1.165, 1.54) is 38.5 Å². The molecule has 0 aliphatic heterocycles. The molecule has 2 aromatic carbocycles. The summed E-state index contributed by atoms with van der Waals surface area (Å²) in [4.78, 5) is 48.1. The standard InChI is InChI=1S/C24H28N2O8/c1-4-5-10-33-24(30)16-6-8-18(9-7-16)26-21(27)15-34-22(28)14-25-23(29)17-11-19(31-2)13-20(12-17)32-3/h6-9,11-13H,4-5,10,14-15H2,1-3H3,(H,25,29)(H,26,27). The molecular weight excluding hydrogens is 444 g/mol. The molecule has 0 bridgehead atoms. The number of ether oxygens (including phenoxy) is 4. The van der Waals surface area contributed by atoms with Gasteiger partial charge >= 0.3 is 11.9 Å². The molecule has 10 nitrogen and oxygen atoms in total. The number of anilines is 1. The Labute approximate surface area is 197 Å². The van der Waals surface area contributed by atoms with Crippen molar-refractivity contribution in [3.8, 4) is 11.5 Å². The third-order valence-electron chi connectivity index (χ3n) is 4.51. The smallest absolute Gasteiger partial charge is 0.338 e. The van der Waals surface area contributed by atoms with E-state index in [-0.39, 0.29) is 5.56 Å². The van der Waals surface area contributed by atoms with Crippen LogP contribution in [-0.2, 0) is 19.1 Å². The van der Waals surface area contributed by atoms with Crippen LogP contribution in [0.25, 0.3) is 0 Å². The lowest BCUT2D eigenvalue weighted by molar-refractivity contribution is -0.146. The second kappa shape index (κ2) is 13.5. The highest BCUT2D eigenvalue weighted by atomic mass is 16.5. The Hall–Kier alpha value is -4.08. The molecule has 0 saturated heterocycles. The summed E-state index contributed by atoms with van der Waals surface area (Å²) in [5, 5.41) is 4.96. The van der Waals surface area contributed by atoms with E-state index in [9.17, 15) is 19.2 Å². The number of nitrogens with one attached hydrogen (secondary N) is 2. The molecule has 0 aromatic heterocycles. The second-order valence-electron chi connectivity index (χ2n) is 7.06. The highest BCUT2D eigenvalue weighted by Crippen LogP contribution is 2.22. The molecule has 10 heteroatoms. The Morgan fingerprint density at radius 1 is 0.853 bits per heavy atom. The molecule has 0 aliphatic rings. The molecule has 0 radical (unpaired) electrons. The number of methoxy groups -OCH3 is 2. The minimum Gasteiger partial charge on any atom is -0.497 e. The van der Waals surface area contributed by atoms with E-state index in [0.717, 1.165) is 12.8 Å². The topological polar surface area (TPSA) is 129 Å². The lowest BCUT2D eigenvalue weighted by Gasteiger charge is -2.10. The van der Waals surface area contributed by atoms with Gasteiger partial charge in [-0.2, -0.15) is 0 Å². The lowest BCUT2D eigenvalue weighted by Crippen LogP contribution is -2.32. The monoisotopic (exact) mass is 472 g/mol. The number of amides is 2. The number of rotatable bonds is 12. The zero-order chi connectivity index (χ0) is 24.9. The van der Waals surface area contributed by atoms with Crippen LogP contribution in [0, 0.1) is 0 Å². The van der Waals surface area contributed by atoms with Crippen molar-refractivity contribution in [2.75, 3.05) is 39.3 Å². The van der Waals surface area contributed by atoms with Gasteiger partial charge in [0.25, 0.3) is 11.8 Å². The minimum atomic E-state index is -0.788. The first kappa shape index (κ1) is 26.2. The van der Waals surface area contributed by atoms with E-state index in [1.807, 2.05) is 6.92 Å². The Bertz CT molecular complexity index is 982. The maximum Gasteiger partial charge on any atom is 0.338 e. The van der Waals surface area contributed by atoms with Crippen molar-refractivity contribution >= 4 is 29.4 Å². The summed E-state index contributed by atoms with van der Waals surface area (Å²) < 4.78 is 20.2. The molecule has 0 heterocycles. The molecule has 34 heavy (non-hydrogen) atoms. The average Bonchev–Trinajstić information content (AvgIpc) is 2.86. The van der Waals surface area contributed by atoms with Crippen LogP contribution in [0.15, 0.2) is 42.5 Å². The molecule has 0 atom stereocenters. The normalized spacial score (nSPS) is 10.1. The lowest BCUT2D eigenvalue weighted by atomic mass is 10.2. The Balaban J connectivity index is 1.76. The molecule has 2 aromatic rings. The van der Waals surface area contributed by atoms with Crippen molar-refractivity contribution in [3.63, 3.8) is 0 Å². The molecule has 182 valence electrons. The fraction of sp³-hybridized carbons (Fsp3) is 0.333. The Morgan fingerprint density at radius 3 is 2.09 bits per heavy atom. The number of hydrogen-bond donors (Lipinski definition) is 2. The van der Waals surface area contributed by atoms with Gasteiger partial charge in [-0.05, 0) is 42.8 Å². The first-order valence-electron chi connectivity index (χ1n) is 10.6. The summed E-state index contributed by atoms with van der Waals surface area (Å²) in [5.41, 5.74) is 1.02. The fourth-order valence-corrected chi connectivity index (χ4v) is 2.67. The molecule has 2 rings (SSSR count). The van der Waals surface area contributed by atoms with Crippen molar-refractivity contribution < 1.29 is 38.1 Å². The summed E-state index contributed by atoms with van der Waals surface area (Å²) in [6.07, 6.45) is 1.71. The highest BCUT2D eigenvalue weighted by Gasteiger charge is 2.14. The molecule has 0 saturated carbocycles. The van der Waals surface area contributed by atoms with Crippen molar-refractivity contribution in [2.24, 2.45) is 0 Å². The van der Waals surface area contributed by atoms with Gasteiger partial charge in [0.1, 0.15) is 18.0 Å². The molecule has 2 N–H and O–H groups in total. The highest BCUT2D eigenvalue weighted by molar-refractivity contribution is 5.97. The summed E-state index contributed by atoms with van der Waals surface area (Å²) in [7, 11) is 2.91. The predicted molar refractivity (Wildman–Crippen MR) is 123 cm³/mol. The van der Waals surface area contributed by atoms with Gasteiger partial charge in [-0.15, -0.1) is 0 Å². The molecular formula is C24H28N2O8. The quantitative estimate of drug-likeness (QED) is 0.356. The largest absolute Gasteiger partial charge is 0.497 e. The maximum atomic E-state index is 12.3. The number of carbonyl (C=O) groups is 4. The zero-order valence-electron chi connectivity index (χ0n) is 19.3. The number of hydrogen-bond acceptors (Lipinski definition) is 8. The van der Waals surface area contributed by atoms with E-state index in [1.54, 1.807) is 18.2 Å². The number of carbonyl (C=O) groups excluding carboxylic acids is 4. The van der Waals surface area contributed by atoms with Gasteiger partial charge in [-0.3, -0.25) is 14.4 Å². The van der Waals surface area contributed by atoms with Crippen LogP contribution in [-0.4, -0.2) is 57.7 Å². The van der Waals surface area contributed by atoms with Gasteiger partial charge in [0.2, 0.25) is 0 Å². The van der Waals surface area contributed by atoms with Gasteiger partial charge in [0.15, 0.2) is 6.61 Å². The van der Waals surface area contributed by atoms with E-state index in [2.05, 4.69) is 10.6 Å². The third kappa shape index (κ3) is 8.45. The van der Waals surface area contributed by atoms with Crippen LogP contribution in [0.3, 0.4) is 0 Å². The molecule has 0 fully saturated rings. The molecule has 2 amide bonds. The van der Waals surface area contributed by atoms with Crippen molar-refractivity contribution in [2.45, 2.75) is 19.8 Å². The number of esters is 2. The van der Waals surface area contributed by atoms with Gasteiger partial charge in [-0.25, -0.2) is 4.79 Å². The number of unbranched alkanes of at least 4 members (excludes halogenated alkanes) is 1. The van der Waals surface area contributed by atoms with E-state index in [4.69, 9.17) is 18.9 Å². The zero-order valence-corrected chi connectivity index (χ0v) is 19.3. The number of benzene rings is 2. The summed E-state index contributed by atoms with van der Waals surface area (Å²) >= 11 is 0.